The van der Waals surface area contributed by atoms with Gasteiger partial charge in [0, 0.05) is 11.6 Å². The Morgan fingerprint density at radius 2 is 1.46 bits per heavy atom. The van der Waals surface area contributed by atoms with E-state index in [0.717, 1.165) is 28.6 Å². The van der Waals surface area contributed by atoms with Crippen LogP contribution < -0.4 is 5.43 Å². The summed E-state index contributed by atoms with van der Waals surface area (Å²) >= 11 is 0. The summed E-state index contributed by atoms with van der Waals surface area (Å²) in [7, 11) is 0. The van der Waals surface area contributed by atoms with E-state index in [-0.39, 0.29) is 5.54 Å². The summed E-state index contributed by atoms with van der Waals surface area (Å²) in [4.78, 5) is 24.6. The maximum Gasteiger partial charge on any atom is 0.253 e. The Labute approximate surface area is 162 Å². The van der Waals surface area contributed by atoms with Crippen molar-refractivity contribution in [3.63, 3.8) is 0 Å². The number of allylic oxidation sites excluding steroid dienone is 7. The van der Waals surface area contributed by atoms with Crippen LogP contribution in [0.2, 0.25) is 0 Å². The molecule has 8 bridgehead atoms. The molecule has 1 N–H and O–H groups in total. The number of hydrogen-bond donors (Lipinski definition) is 1. The Balaban J connectivity index is 1.66. The van der Waals surface area contributed by atoms with Crippen LogP contribution in [-0.4, -0.2) is 45.7 Å². The van der Waals surface area contributed by atoms with Gasteiger partial charge in [-0.1, -0.05) is 0 Å². The molecule has 0 atom stereocenters. The fraction of sp³-hybridized carbons (Fsp3) is 0.200. The summed E-state index contributed by atoms with van der Waals surface area (Å²) in [6, 6.07) is 0. The van der Waals surface area contributed by atoms with E-state index >= 15 is 0 Å². The van der Waals surface area contributed by atoms with E-state index in [1.807, 2.05) is 47.4 Å². The Morgan fingerprint density at radius 3 is 2.18 bits per heavy atom. The first-order valence-corrected chi connectivity index (χ1v) is 8.98. The van der Waals surface area contributed by atoms with Gasteiger partial charge in [-0.2, -0.15) is 4.99 Å². The lowest BCUT2D eigenvalue weighted by Crippen LogP contribution is -2.43. The van der Waals surface area contributed by atoms with Crippen molar-refractivity contribution in [2.24, 2.45) is 30.1 Å². The number of nitrogens with one attached hydrogen (secondary N) is 1. The van der Waals surface area contributed by atoms with Gasteiger partial charge < -0.3 is 0 Å². The molecule has 5 aliphatic heterocycles. The monoisotopic (exact) mass is 370 g/mol. The molecule has 0 aliphatic carbocycles. The zero-order valence-electron chi connectivity index (χ0n) is 15.7. The molecule has 0 amide bonds. The average Bonchev–Trinajstić information content (AvgIpc) is 3.38. The second-order valence-corrected chi connectivity index (χ2v) is 7.64. The third-order valence-electron chi connectivity index (χ3n) is 4.37. The van der Waals surface area contributed by atoms with Crippen LogP contribution in [-0.2, 0) is 0 Å². The van der Waals surface area contributed by atoms with Gasteiger partial charge in [-0.05, 0) is 57.2 Å². The first kappa shape index (κ1) is 16.5. The second-order valence-electron chi connectivity index (χ2n) is 7.64. The molecule has 0 unspecified atom stereocenters. The van der Waals surface area contributed by atoms with Gasteiger partial charge in [-0.15, -0.1) is 5.10 Å². The van der Waals surface area contributed by atoms with Gasteiger partial charge in [0.25, 0.3) is 11.9 Å². The van der Waals surface area contributed by atoms with Crippen molar-refractivity contribution < 1.29 is 0 Å². The molecular weight excluding hydrogens is 352 g/mol. The molecule has 8 heteroatoms. The molecule has 0 aromatic rings. The van der Waals surface area contributed by atoms with Crippen LogP contribution in [0.4, 0.5) is 0 Å². The van der Waals surface area contributed by atoms with Crippen LogP contribution in [0, 0.1) is 0 Å². The van der Waals surface area contributed by atoms with Crippen LogP contribution in [0.5, 0.6) is 0 Å². The fourth-order valence-electron chi connectivity index (χ4n) is 3.21. The second kappa shape index (κ2) is 5.91. The van der Waals surface area contributed by atoms with Gasteiger partial charge in [0.1, 0.15) is 5.82 Å². The highest BCUT2D eigenvalue weighted by Gasteiger charge is 2.33. The fourth-order valence-corrected chi connectivity index (χ4v) is 3.21. The molecule has 5 rings (SSSR count). The summed E-state index contributed by atoms with van der Waals surface area (Å²) in [6.07, 6.45) is 15.3. The van der Waals surface area contributed by atoms with Crippen molar-refractivity contribution in [3.05, 3.63) is 59.7 Å². The summed E-state index contributed by atoms with van der Waals surface area (Å²) in [5.74, 6) is 1.67. The average molecular weight is 370 g/mol. The summed E-state index contributed by atoms with van der Waals surface area (Å²) in [5.41, 5.74) is 6.86. The maximum absolute atomic E-state index is 4.66. The lowest BCUT2D eigenvalue weighted by molar-refractivity contribution is 0.289. The number of guanidine groups is 2. The Bertz CT molecular complexity index is 1110. The third kappa shape index (κ3) is 2.98. The molecule has 138 valence electrons. The van der Waals surface area contributed by atoms with Crippen LogP contribution in [0.25, 0.3) is 0 Å². The van der Waals surface area contributed by atoms with Gasteiger partial charge in [0.2, 0.25) is 0 Å². The molecule has 5 heterocycles. The predicted octanol–water partition coefficient (Wildman–Crippen LogP) is 2.49. The number of hydrogen-bond acceptors (Lipinski definition) is 8. The Morgan fingerprint density at radius 1 is 0.786 bits per heavy atom. The molecule has 28 heavy (non-hydrogen) atoms. The van der Waals surface area contributed by atoms with Crippen LogP contribution in [0.3, 0.4) is 0 Å². The van der Waals surface area contributed by atoms with Crippen molar-refractivity contribution in [1.82, 2.24) is 10.3 Å². The number of hydrazone groups is 1. The number of aliphatic imine (C=N–C) groups is 5. The standard InChI is InChI=1S/C20H18N8/c1-20(2,3)28-17-10-15-7-6-13(23-15)8-12-4-5-14(22-12)9-16-11-21-18(24-16)25-19(28)27-26-17/h4-11,26H,1-3H3. The molecule has 0 radical (unpaired) electrons. The first-order chi connectivity index (χ1) is 13.4. The number of nitrogens with zero attached hydrogens (tertiary/aromatic N) is 7. The first-order valence-electron chi connectivity index (χ1n) is 8.98. The normalized spacial score (nSPS) is 22.2. The molecular formula is C20H18N8. The molecule has 0 spiro atoms. The summed E-state index contributed by atoms with van der Waals surface area (Å²) < 4.78 is 0. The van der Waals surface area contributed by atoms with E-state index in [4.69, 9.17) is 0 Å². The molecule has 0 fully saturated rings. The largest absolute Gasteiger partial charge is 0.289 e. The highest BCUT2D eigenvalue weighted by molar-refractivity contribution is 6.42. The van der Waals surface area contributed by atoms with Crippen LogP contribution in [0.15, 0.2) is 89.8 Å². The van der Waals surface area contributed by atoms with Gasteiger partial charge in [-0.25, -0.2) is 20.0 Å². The van der Waals surface area contributed by atoms with E-state index in [2.05, 4.69) is 56.3 Å². The Kier molecular flexibility index (Phi) is 3.48. The van der Waals surface area contributed by atoms with Crippen molar-refractivity contribution in [3.8, 4) is 0 Å². The van der Waals surface area contributed by atoms with E-state index in [9.17, 15) is 0 Å². The van der Waals surface area contributed by atoms with Gasteiger partial charge in [0.15, 0.2) is 0 Å². The van der Waals surface area contributed by atoms with Crippen molar-refractivity contribution in [2.45, 2.75) is 26.3 Å². The SMILES string of the molecule is CC(C)(C)N1C2=CC3=NC(=CC4=NC(=CC5=NC(=NC1=NN2)N=C5)C=C4)C=C3. The highest BCUT2D eigenvalue weighted by Crippen LogP contribution is 2.25. The summed E-state index contributed by atoms with van der Waals surface area (Å²) in [5, 5.41) is 4.38. The van der Waals surface area contributed by atoms with E-state index in [0.29, 0.717) is 17.6 Å². The number of rotatable bonds is 0. The predicted molar refractivity (Wildman–Crippen MR) is 113 cm³/mol. The summed E-state index contributed by atoms with van der Waals surface area (Å²) in [6.45, 7) is 6.29. The number of fused-ring (bicyclic) bond motifs is 5. The van der Waals surface area contributed by atoms with E-state index in [1.165, 1.54) is 0 Å². The van der Waals surface area contributed by atoms with Crippen molar-refractivity contribution in [1.29, 1.82) is 0 Å². The minimum atomic E-state index is -0.250. The molecule has 0 aromatic heterocycles. The van der Waals surface area contributed by atoms with E-state index in [1.54, 1.807) is 6.21 Å². The highest BCUT2D eigenvalue weighted by atomic mass is 15.6. The quantitative estimate of drug-likeness (QED) is 0.710. The zero-order valence-corrected chi connectivity index (χ0v) is 15.7. The Hall–Kier alpha value is -3.68. The van der Waals surface area contributed by atoms with Crippen molar-refractivity contribution >= 4 is 35.3 Å². The van der Waals surface area contributed by atoms with Crippen LogP contribution >= 0.6 is 0 Å². The molecule has 0 saturated heterocycles. The smallest absolute Gasteiger partial charge is 0.253 e. The molecule has 0 saturated carbocycles. The lowest BCUT2D eigenvalue weighted by Gasteiger charge is -2.32. The lowest BCUT2D eigenvalue weighted by atomic mass is 10.1. The van der Waals surface area contributed by atoms with Crippen molar-refractivity contribution in [2.75, 3.05) is 0 Å². The van der Waals surface area contributed by atoms with Gasteiger partial charge in [-0.3, -0.25) is 10.3 Å². The van der Waals surface area contributed by atoms with E-state index < -0.39 is 0 Å². The van der Waals surface area contributed by atoms with Gasteiger partial charge in [0.05, 0.1) is 34.7 Å². The molecule has 5 aliphatic rings. The van der Waals surface area contributed by atoms with Crippen LogP contribution in [0.1, 0.15) is 20.8 Å². The molecule has 0 aromatic carbocycles. The zero-order chi connectivity index (χ0) is 19.3. The minimum Gasteiger partial charge on any atom is -0.289 e. The maximum atomic E-state index is 4.66. The van der Waals surface area contributed by atoms with Gasteiger partial charge >= 0.3 is 0 Å². The molecule has 8 nitrogen and oxygen atoms in total. The third-order valence-corrected chi connectivity index (χ3v) is 4.37. The minimum absolute atomic E-state index is 0.250. The topological polar surface area (TPSA) is 89.4 Å².